The number of aromatic nitrogens is 2. The number of carboxylic acid groups (broad SMARTS) is 1. The first-order valence-electron chi connectivity index (χ1n) is 6.66. The molecule has 2 heterocycles. The van der Waals surface area contributed by atoms with Crippen molar-refractivity contribution in [2.24, 2.45) is 0 Å². The average Bonchev–Trinajstić information content (AvgIpc) is 3.12. The van der Waals surface area contributed by atoms with Crippen LogP contribution in [-0.2, 0) is 20.9 Å². The van der Waals surface area contributed by atoms with Gasteiger partial charge < -0.3 is 14.7 Å². The van der Waals surface area contributed by atoms with Gasteiger partial charge in [-0.25, -0.2) is 9.59 Å². The van der Waals surface area contributed by atoms with Crippen LogP contribution in [0.25, 0.3) is 0 Å². The summed E-state index contributed by atoms with van der Waals surface area (Å²) in [6.45, 7) is 0.814. The highest BCUT2D eigenvalue weighted by atomic mass is 16.5. The molecular weight excluding hydrogens is 278 g/mol. The summed E-state index contributed by atoms with van der Waals surface area (Å²) in [6, 6.07) is -0.505. The fourth-order valence-electron chi connectivity index (χ4n) is 2.40. The molecule has 1 aliphatic heterocycles. The molecule has 0 radical (unpaired) electrons. The van der Waals surface area contributed by atoms with Crippen LogP contribution in [0.15, 0.2) is 12.4 Å². The highest BCUT2D eigenvalue weighted by molar-refractivity contribution is 5.87. The van der Waals surface area contributed by atoms with Gasteiger partial charge in [-0.1, -0.05) is 0 Å². The van der Waals surface area contributed by atoms with Crippen molar-refractivity contribution in [3.05, 3.63) is 18.0 Å². The van der Waals surface area contributed by atoms with Crippen LogP contribution in [0, 0.1) is 0 Å². The molecule has 0 aromatic carbocycles. The molecule has 1 aromatic heterocycles. The Morgan fingerprint density at radius 3 is 2.86 bits per heavy atom. The molecule has 1 atom stereocenters. The second kappa shape index (κ2) is 6.38. The maximum absolute atomic E-state index is 12.2. The first kappa shape index (κ1) is 15.0. The molecule has 1 amide bonds. The zero-order chi connectivity index (χ0) is 15.4. The number of carbonyl (C=O) groups is 3. The predicted octanol–water partition coefficient (Wildman–Crippen LogP) is 0.135. The van der Waals surface area contributed by atoms with Crippen molar-refractivity contribution in [3.63, 3.8) is 0 Å². The zero-order valence-corrected chi connectivity index (χ0v) is 11.7. The van der Waals surface area contributed by atoms with E-state index in [-0.39, 0.29) is 24.4 Å². The van der Waals surface area contributed by atoms with Gasteiger partial charge in [0.05, 0.1) is 18.9 Å². The second-order valence-electron chi connectivity index (χ2n) is 4.82. The van der Waals surface area contributed by atoms with Gasteiger partial charge in [0.15, 0.2) is 0 Å². The number of methoxy groups -OCH3 is 1. The zero-order valence-electron chi connectivity index (χ0n) is 11.7. The summed E-state index contributed by atoms with van der Waals surface area (Å²) < 4.78 is 6.10. The molecule has 21 heavy (non-hydrogen) atoms. The van der Waals surface area contributed by atoms with Crippen molar-refractivity contribution >= 4 is 17.8 Å². The minimum atomic E-state index is -1.06. The maximum Gasteiger partial charge on any atom is 0.338 e. The third-order valence-corrected chi connectivity index (χ3v) is 3.48. The van der Waals surface area contributed by atoms with Gasteiger partial charge in [0.1, 0.15) is 6.04 Å². The Hall–Kier alpha value is -2.38. The van der Waals surface area contributed by atoms with E-state index in [1.165, 1.54) is 29.1 Å². The fourth-order valence-corrected chi connectivity index (χ4v) is 2.40. The van der Waals surface area contributed by atoms with Gasteiger partial charge >= 0.3 is 11.9 Å². The van der Waals surface area contributed by atoms with Crippen molar-refractivity contribution in [3.8, 4) is 0 Å². The number of hydrogen-bond acceptors (Lipinski definition) is 5. The number of aryl methyl sites for hydroxylation is 1. The molecule has 1 fully saturated rings. The first-order valence-corrected chi connectivity index (χ1v) is 6.66. The van der Waals surface area contributed by atoms with E-state index in [1.54, 1.807) is 0 Å². The van der Waals surface area contributed by atoms with Crippen LogP contribution < -0.4 is 0 Å². The van der Waals surface area contributed by atoms with Gasteiger partial charge in [0.25, 0.3) is 0 Å². The van der Waals surface area contributed by atoms with Crippen molar-refractivity contribution in [2.45, 2.75) is 31.8 Å². The highest BCUT2D eigenvalue weighted by Gasteiger charge is 2.34. The van der Waals surface area contributed by atoms with Crippen LogP contribution in [0.2, 0.25) is 0 Å². The molecule has 0 saturated carbocycles. The topological polar surface area (TPSA) is 102 Å². The SMILES string of the molecule is COC(=O)C1CCCN1C(=O)CCn1cc(C(=O)O)cn1. The number of ether oxygens (including phenoxy) is 1. The van der Waals surface area contributed by atoms with Crippen molar-refractivity contribution in [2.75, 3.05) is 13.7 Å². The normalized spacial score (nSPS) is 17.8. The summed E-state index contributed by atoms with van der Waals surface area (Å²) in [5, 5.41) is 12.7. The molecule has 114 valence electrons. The number of amides is 1. The molecule has 1 aliphatic rings. The molecular formula is C13H17N3O5. The number of rotatable bonds is 5. The standard InChI is InChI=1S/C13H17N3O5/c1-21-13(20)10-3-2-5-16(10)11(17)4-6-15-8-9(7-14-15)12(18)19/h7-8,10H,2-6H2,1H3,(H,18,19). The Balaban J connectivity index is 1.91. The van der Waals surface area contributed by atoms with Crippen molar-refractivity contribution < 1.29 is 24.2 Å². The molecule has 0 aliphatic carbocycles. The minimum absolute atomic E-state index is 0.0797. The van der Waals surface area contributed by atoms with E-state index in [1.807, 2.05) is 0 Å². The lowest BCUT2D eigenvalue weighted by Crippen LogP contribution is -2.41. The van der Waals surface area contributed by atoms with Crippen LogP contribution in [0.3, 0.4) is 0 Å². The monoisotopic (exact) mass is 295 g/mol. The summed E-state index contributed by atoms with van der Waals surface area (Å²) in [4.78, 5) is 36.0. The van der Waals surface area contributed by atoms with E-state index in [0.29, 0.717) is 13.0 Å². The molecule has 0 spiro atoms. The molecule has 1 N–H and O–H groups in total. The Morgan fingerprint density at radius 2 is 2.24 bits per heavy atom. The number of carboxylic acids is 1. The Kier molecular flexibility index (Phi) is 4.56. The molecule has 2 rings (SSSR count). The maximum atomic E-state index is 12.2. The molecule has 1 unspecified atom stereocenters. The van der Waals surface area contributed by atoms with E-state index in [9.17, 15) is 14.4 Å². The van der Waals surface area contributed by atoms with Crippen LogP contribution >= 0.6 is 0 Å². The Labute approximate surface area is 121 Å². The summed E-state index contributed by atoms with van der Waals surface area (Å²) in [6.07, 6.45) is 4.16. The largest absolute Gasteiger partial charge is 0.478 e. The van der Waals surface area contributed by atoms with Gasteiger partial charge in [-0.15, -0.1) is 0 Å². The van der Waals surface area contributed by atoms with Crippen LogP contribution in [0.1, 0.15) is 29.6 Å². The van der Waals surface area contributed by atoms with Gasteiger partial charge in [0, 0.05) is 25.7 Å². The van der Waals surface area contributed by atoms with Gasteiger partial charge in [-0.3, -0.25) is 9.48 Å². The van der Waals surface area contributed by atoms with Crippen LogP contribution in [0.5, 0.6) is 0 Å². The molecule has 1 aromatic rings. The van der Waals surface area contributed by atoms with Gasteiger partial charge in [-0.05, 0) is 12.8 Å². The second-order valence-corrected chi connectivity index (χ2v) is 4.82. The third-order valence-electron chi connectivity index (χ3n) is 3.48. The van der Waals surface area contributed by atoms with E-state index in [0.717, 1.165) is 6.42 Å². The van der Waals surface area contributed by atoms with E-state index in [4.69, 9.17) is 9.84 Å². The predicted molar refractivity (Wildman–Crippen MR) is 70.6 cm³/mol. The number of hydrogen-bond donors (Lipinski definition) is 1. The highest BCUT2D eigenvalue weighted by Crippen LogP contribution is 2.19. The number of carbonyl (C=O) groups excluding carboxylic acids is 2. The van der Waals surface area contributed by atoms with E-state index in [2.05, 4.69) is 5.10 Å². The van der Waals surface area contributed by atoms with Crippen LogP contribution in [0.4, 0.5) is 0 Å². The summed E-state index contributed by atoms with van der Waals surface area (Å²) in [5.74, 6) is -1.61. The van der Waals surface area contributed by atoms with E-state index < -0.39 is 18.0 Å². The fraction of sp³-hybridized carbons (Fsp3) is 0.538. The molecule has 0 bridgehead atoms. The molecule has 1 saturated heterocycles. The van der Waals surface area contributed by atoms with Crippen molar-refractivity contribution in [1.29, 1.82) is 0 Å². The molecule has 8 nitrogen and oxygen atoms in total. The van der Waals surface area contributed by atoms with Crippen molar-refractivity contribution in [1.82, 2.24) is 14.7 Å². The lowest BCUT2D eigenvalue weighted by atomic mass is 10.2. The molecule has 8 heteroatoms. The lowest BCUT2D eigenvalue weighted by molar-refractivity contribution is -0.151. The Morgan fingerprint density at radius 1 is 1.48 bits per heavy atom. The van der Waals surface area contributed by atoms with Crippen LogP contribution in [-0.4, -0.2) is 57.3 Å². The minimum Gasteiger partial charge on any atom is -0.478 e. The lowest BCUT2D eigenvalue weighted by Gasteiger charge is -2.22. The average molecular weight is 295 g/mol. The number of likely N-dealkylation sites (tertiary alicyclic amines) is 1. The summed E-state index contributed by atoms with van der Waals surface area (Å²) >= 11 is 0. The van der Waals surface area contributed by atoms with E-state index >= 15 is 0 Å². The third kappa shape index (κ3) is 3.39. The number of esters is 1. The smallest absolute Gasteiger partial charge is 0.338 e. The Bertz CT molecular complexity index is 554. The number of nitrogens with zero attached hydrogens (tertiary/aromatic N) is 3. The van der Waals surface area contributed by atoms with Gasteiger partial charge in [-0.2, -0.15) is 5.10 Å². The quantitative estimate of drug-likeness (QED) is 0.775. The van der Waals surface area contributed by atoms with Gasteiger partial charge in [0.2, 0.25) is 5.91 Å². The summed E-state index contributed by atoms with van der Waals surface area (Å²) in [5.41, 5.74) is 0.0797. The number of aromatic carboxylic acids is 1. The summed E-state index contributed by atoms with van der Waals surface area (Å²) in [7, 11) is 1.31. The first-order chi connectivity index (χ1) is 10.0.